The summed E-state index contributed by atoms with van der Waals surface area (Å²) in [5.74, 6) is -0.856. The van der Waals surface area contributed by atoms with Crippen molar-refractivity contribution in [3.8, 4) is 0 Å². The highest BCUT2D eigenvalue weighted by Crippen LogP contribution is 2.54. The van der Waals surface area contributed by atoms with Gasteiger partial charge in [-0.15, -0.1) is 0 Å². The molecule has 1 spiro atoms. The number of likely N-dealkylation sites (tertiary alicyclic amines) is 1. The maximum atomic E-state index is 11.1. The highest BCUT2D eigenvalue weighted by atomic mass is 16.4. The molecule has 0 aromatic heterocycles. The molecule has 1 unspecified atom stereocenters. The van der Waals surface area contributed by atoms with E-state index in [1.165, 1.54) is 56.2 Å². The molecule has 4 heteroatoms. The van der Waals surface area contributed by atoms with Crippen LogP contribution in [0.15, 0.2) is 48.5 Å². The third-order valence-corrected chi connectivity index (χ3v) is 7.95. The van der Waals surface area contributed by atoms with E-state index in [0.29, 0.717) is 17.0 Å². The number of rotatable bonds is 4. The summed E-state index contributed by atoms with van der Waals surface area (Å²) in [4.78, 5) is 16.3. The molecule has 30 heavy (non-hydrogen) atoms. The highest BCUT2D eigenvalue weighted by Gasteiger charge is 2.49. The van der Waals surface area contributed by atoms with Gasteiger partial charge in [0.05, 0.1) is 5.56 Å². The fraction of sp³-hybridized carbons (Fsp3) is 0.500. The van der Waals surface area contributed by atoms with Crippen molar-refractivity contribution in [2.45, 2.75) is 57.5 Å². The van der Waals surface area contributed by atoms with Crippen molar-refractivity contribution >= 4 is 11.7 Å². The zero-order chi connectivity index (χ0) is 20.7. The lowest BCUT2D eigenvalue weighted by molar-refractivity contribution is -0.0227. The molecular weight excluding hydrogens is 372 g/mol. The van der Waals surface area contributed by atoms with E-state index < -0.39 is 5.97 Å². The second kappa shape index (κ2) is 7.73. The Bertz CT molecular complexity index is 907. The van der Waals surface area contributed by atoms with Crippen molar-refractivity contribution < 1.29 is 9.90 Å². The first-order valence-electron chi connectivity index (χ1n) is 11.4. The van der Waals surface area contributed by atoms with Crippen LogP contribution in [-0.4, -0.2) is 41.7 Å². The van der Waals surface area contributed by atoms with Gasteiger partial charge in [0, 0.05) is 30.9 Å². The number of carboxylic acids is 1. The predicted octanol–water partition coefficient (Wildman–Crippen LogP) is 5.28. The SMILES string of the molecule is Cc1ccccc1C1CCCN1C1CC2(CCN(c3ccc(C(=O)O)cc3)CC2)C1. The number of hydrogen-bond acceptors (Lipinski definition) is 3. The van der Waals surface area contributed by atoms with Crippen LogP contribution in [0, 0.1) is 12.3 Å². The van der Waals surface area contributed by atoms with Crippen LogP contribution >= 0.6 is 0 Å². The Morgan fingerprint density at radius 2 is 1.70 bits per heavy atom. The van der Waals surface area contributed by atoms with Crippen molar-refractivity contribution in [1.29, 1.82) is 0 Å². The van der Waals surface area contributed by atoms with E-state index in [0.717, 1.165) is 24.8 Å². The van der Waals surface area contributed by atoms with Gasteiger partial charge in [-0.1, -0.05) is 24.3 Å². The van der Waals surface area contributed by atoms with Crippen LogP contribution in [-0.2, 0) is 0 Å². The van der Waals surface area contributed by atoms with Crippen LogP contribution in [0.4, 0.5) is 5.69 Å². The molecule has 2 aromatic carbocycles. The number of carboxylic acid groups (broad SMARTS) is 1. The van der Waals surface area contributed by atoms with Gasteiger partial charge in [-0.2, -0.15) is 0 Å². The first-order valence-corrected chi connectivity index (χ1v) is 11.4. The first-order chi connectivity index (χ1) is 14.5. The van der Waals surface area contributed by atoms with Crippen molar-refractivity contribution in [2.75, 3.05) is 24.5 Å². The average molecular weight is 405 g/mol. The normalized spacial score (nSPS) is 24.2. The summed E-state index contributed by atoms with van der Waals surface area (Å²) < 4.78 is 0. The number of aromatic carboxylic acids is 1. The van der Waals surface area contributed by atoms with E-state index in [2.05, 4.69) is 41.0 Å². The number of anilines is 1. The summed E-state index contributed by atoms with van der Waals surface area (Å²) in [6.07, 6.45) is 7.83. The minimum Gasteiger partial charge on any atom is -0.478 e. The summed E-state index contributed by atoms with van der Waals surface area (Å²) in [5.41, 5.74) is 5.02. The Kier molecular flexibility index (Phi) is 5.06. The Hall–Kier alpha value is -2.33. The maximum Gasteiger partial charge on any atom is 0.335 e. The molecule has 158 valence electrons. The second-order valence-corrected chi connectivity index (χ2v) is 9.65. The highest BCUT2D eigenvalue weighted by molar-refractivity contribution is 5.88. The second-order valence-electron chi connectivity index (χ2n) is 9.65. The van der Waals surface area contributed by atoms with E-state index in [9.17, 15) is 4.79 Å². The van der Waals surface area contributed by atoms with E-state index in [1.807, 2.05) is 12.1 Å². The van der Waals surface area contributed by atoms with Gasteiger partial charge in [-0.3, -0.25) is 4.90 Å². The van der Waals surface area contributed by atoms with Gasteiger partial charge in [0.25, 0.3) is 0 Å². The molecule has 0 amide bonds. The number of benzene rings is 2. The number of aryl methyl sites for hydroxylation is 1. The van der Waals surface area contributed by atoms with E-state index >= 15 is 0 Å². The average Bonchev–Trinajstić information content (AvgIpc) is 3.22. The van der Waals surface area contributed by atoms with E-state index in [-0.39, 0.29) is 0 Å². The fourth-order valence-corrected chi connectivity index (χ4v) is 6.16. The lowest BCUT2D eigenvalue weighted by Gasteiger charge is -2.56. The summed E-state index contributed by atoms with van der Waals surface area (Å²) in [6, 6.07) is 17.7. The summed E-state index contributed by atoms with van der Waals surface area (Å²) in [5, 5.41) is 9.10. The standard InChI is InChI=1S/C26H32N2O2/c1-19-5-2-3-6-23(19)24-7-4-14-28(24)22-17-26(18-22)12-15-27(16-13-26)21-10-8-20(9-11-21)25(29)30/h2-3,5-6,8-11,22,24H,4,7,12-18H2,1H3,(H,29,30). The molecular formula is C26H32N2O2. The van der Waals surface area contributed by atoms with Crippen LogP contribution in [0.25, 0.3) is 0 Å². The van der Waals surface area contributed by atoms with Gasteiger partial charge in [0.1, 0.15) is 0 Å². The number of nitrogens with zero attached hydrogens (tertiary/aromatic N) is 2. The number of carbonyl (C=O) groups is 1. The molecule has 2 heterocycles. The Morgan fingerprint density at radius 3 is 2.37 bits per heavy atom. The molecule has 0 radical (unpaired) electrons. The van der Waals surface area contributed by atoms with Gasteiger partial charge in [-0.25, -0.2) is 4.79 Å². The molecule has 1 atom stereocenters. The quantitative estimate of drug-likeness (QED) is 0.753. The molecule has 0 bridgehead atoms. The Morgan fingerprint density at radius 1 is 1.00 bits per heavy atom. The number of piperidine rings is 1. The lowest BCUT2D eigenvalue weighted by Crippen LogP contribution is -2.54. The monoisotopic (exact) mass is 404 g/mol. The minimum absolute atomic E-state index is 0.364. The van der Waals surface area contributed by atoms with Crippen molar-refractivity contribution in [3.63, 3.8) is 0 Å². The summed E-state index contributed by atoms with van der Waals surface area (Å²) >= 11 is 0. The third-order valence-electron chi connectivity index (χ3n) is 7.95. The summed E-state index contributed by atoms with van der Waals surface area (Å²) in [7, 11) is 0. The summed E-state index contributed by atoms with van der Waals surface area (Å²) in [6.45, 7) is 5.68. The molecule has 3 fully saturated rings. The molecule has 2 saturated heterocycles. The third kappa shape index (κ3) is 3.51. The van der Waals surface area contributed by atoms with Crippen LogP contribution in [0.1, 0.15) is 66.1 Å². The lowest BCUT2D eigenvalue weighted by atomic mass is 9.59. The van der Waals surface area contributed by atoms with E-state index in [4.69, 9.17) is 5.11 Å². The molecule has 3 aliphatic rings. The molecule has 1 saturated carbocycles. The first kappa shape index (κ1) is 19.6. The molecule has 4 nitrogen and oxygen atoms in total. The zero-order valence-corrected chi connectivity index (χ0v) is 17.9. The van der Waals surface area contributed by atoms with Gasteiger partial charge in [0.15, 0.2) is 0 Å². The maximum absolute atomic E-state index is 11.1. The predicted molar refractivity (Wildman–Crippen MR) is 120 cm³/mol. The Balaban J connectivity index is 1.19. The number of hydrogen-bond donors (Lipinski definition) is 1. The molecule has 5 rings (SSSR count). The largest absolute Gasteiger partial charge is 0.478 e. The fourth-order valence-electron chi connectivity index (χ4n) is 6.16. The van der Waals surface area contributed by atoms with Crippen LogP contribution in [0.2, 0.25) is 0 Å². The molecule has 1 aliphatic carbocycles. The van der Waals surface area contributed by atoms with Crippen LogP contribution in [0.5, 0.6) is 0 Å². The van der Waals surface area contributed by atoms with Gasteiger partial charge < -0.3 is 10.0 Å². The topological polar surface area (TPSA) is 43.8 Å². The van der Waals surface area contributed by atoms with Crippen LogP contribution < -0.4 is 4.90 Å². The van der Waals surface area contributed by atoms with Crippen molar-refractivity contribution in [1.82, 2.24) is 4.90 Å². The van der Waals surface area contributed by atoms with Crippen molar-refractivity contribution in [2.24, 2.45) is 5.41 Å². The van der Waals surface area contributed by atoms with E-state index in [1.54, 1.807) is 12.1 Å². The molecule has 1 N–H and O–H groups in total. The van der Waals surface area contributed by atoms with Gasteiger partial charge in [0.2, 0.25) is 0 Å². The van der Waals surface area contributed by atoms with Crippen LogP contribution in [0.3, 0.4) is 0 Å². The smallest absolute Gasteiger partial charge is 0.335 e. The van der Waals surface area contributed by atoms with Crippen molar-refractivity contribution in [3.05, 3.63) is 65.2 Å². The van der Waals surface area contributed by atoms with Gasteiger partial charge >= 0.3 is 5.97 Å². The Labute approximate surface area is 179 Å². The molecule has 2 aromatic rings. The van der Waals surface area contributed by atoms with Gasteiger partial charge in [-0.05, 0) is 92.8 Å². The minimum atomic E-state index is -0.856. The molecule has 2 aliphatic heterocycles. The zero-order valence-electron chi connectivity index (χ0n) is 17.9.